The fourth-order valence-corrected chi connectivity index (χ4v) is 1.84. The summed E-state index contributed by atoms with van der Waals surface area (Å²) in [6.45, 7) is 0. The minimum Gasteiger partial charge on any atom is -0.481 e. The zero-order chi connectivity index (χ0) is 14.0. The summed E-state index contributed by atoms with van der Waals surface area (Å²) < 4.78 is 1.26. The number of nitrogens with one attached hydrogen (secondary N) is 2. The van der Waals surface area contributed by atoms with Crippen molar-refractivity contribution in [3.63, 3.8) is 0 Å². The minimum atomic E-state index is -0.830. The predicted molar refractivity (Wildman–Crippen MR) is 67.1 cm³/mol. The van der Waals surface area contributed by atoms with Crippen LogP contribution in [0.4, 0.5) is 0 Å². The Morgan fingerprint density at radius 1 is 1.32 bits per heavy atom. The molecule has 0 fully saturated rings. The molecular weight excluding hydrogens is 252 g/mol. The van der Waals surface area contributed by atoms with Crippen LogP contribution in [0.3, 0.4) is 0 Å². The number of H-pyrrole nitrogens is 2. The van der Waals surface area contributed by atoms with Crippen LogP contribution in [0.25, 0.3) is 11.2 Å². The molecular formula is C11H14N4O4. The van der Waals surface area contributed by atoms with Crippen LogP contribution in [0.1, 0.15) is 25.1 Å². The van der Waals surface area contributed by atoms with E-state index in [0.29, 0.717) is 30.7 Å². The molecule has 0 atom stereocenters. The molecule has 2 aromatic heterocycles. The van der Waals surface area contributed by atoms with Crippen molar-refractivity contribution in [3.05, 3.63) is 26.7 Å². The Morgan fingerprint density at radius 3 is 2.74 bits per heavy atom. The van der Waals surface area contributed by atoms with E-state index < -0.39 is 17.2 Å². The molecule has 0 aromatic carbocycles. The summed E-state index contributed by atoms with van der Waals surface area (Å²) in [5.74, 6) is -0.254. The molecule has 3 N–H and O–H groups in total. The van der Waals surface area contributed by atoms with E-state index in [4.69, 9.17) is 5.11 Å². The van der Waals surface area contributed by atoms with E-state index in [0.717, 1.165) is 0 Å². The molecule has 8 nitrogen and oxygen atoms in total. The Bertz CT molecular complexity index is 724. The summed E-state index contributed by atoms with van der Waals surface area (Å²) >= 11 is 0. The number of nitrogens with zero attached hydrogens (tertiary/aromatic N) is 2. The van der Waals surface area contributed by atoms with Crippen LogP contribution < -0.4 is 11.2 Å². The second kappa shape index (κ2) is 5.09. The standard InChI is InChI=1S/C11H14N4O4/c1-15-9-8(10(18)14-11(15)19)12-6(13-9)4-2-3-5-7(16)17/h2-5H2,1H3,(H,12,13)(H,16,17)(H,14,18,19). The summed E-state index contributed by atoms with van der Waals surface area (Å²) in [5.41, 5.74) is -0.443. The van der Waals surface area contributed by atoms with Gasteiger partial charge >= 0.3 is 11.7 Å². The lowest BCUT2D eigenvalue weighted by Gasteiger charge is -1.95. The molecule has 102 valence electrons. The van der Waals surface area contributed by atoms with Gasteiger partial charge in [0.25, 0.3) is 5.56 Å². The van der Waals surface area contributed by atoms with Gasteiger partial charge in [-0.3, -0.25) is 19.1 Å². The largest absolute Gasteiger partial charge is 0.481 e. The summed E-state index contributed by atoms with van der Waals surface area (Å²) in [6.07, 6.45) is 1.84. The molecule has 19 heavy (non-hydrogen) atoms. The van der Waals surface area contributed by atoms with Gasteiger partial charge in [-0.05, 0) is 12.8 Å². The summed E-state index contributed by atoms with van der Waals surface area (Å²) in [7, 11) is 1.52. The van der Waals surface area contributed by atoms with E-state index in [1.165, 1.54) is 11.6 Å². The van der Waals surface area contributed by atoms with Crippen molar-refractivity contribution < 1.29 is 9.90 Å². The topological polar surface area (TPSA) is 121 Å². The normalized spacial score (nSPS) is 11.0. The number of carboxylic acids is 1. The molecule has 0 aliphatic heterocycles. The maximum absolute atomic E-state index is 11.6. The lowest BCUT2D eigenvalue weighted by atomic mass is 10.2. The summed E-state index contributed by atoms with van der Waals surface area (Å²) in [4.78, 5) is 42.6. The number of aliphatic carboxylic acids is 1. The van der Waals surface area contributed by atoms with Gasteiger partial charge in [0.05, 0.1) is 0 Å². The van der Waals surface area contributed by atoms with Gasteiger partial charge in [0, 0.05) is 19.9 Å². The van der Waals surface area contributed by atoms with Gasteiger partial charge in [-0.1, -0.05) is 0 Å². The van der Waals surface area contributed by atoms with Gasteiger partial charge in [-0.15, -0.1) is 0 Å². The van der Waals surface area contributed by atoms with Crippen molar-refractivity contribution in [1.82, 2.24) is 19.5 Å². The monoisotopic (exact) mass is 266 g/mol. The number of rotatable bonds is 5. The second-order valence-electron chi connectivity index (χ2n) is 4.30. The molecule has 2 rings (SSSR count). The predicted octanol–water partition coefficient (Wildman–Crippen LogP) is -0.253. The number of imidazole rings is 1. The Balaban J connectivity index is 2.20. The number of carboxylic acid groups (broad SMARTS) is 1. The SMILES string of the molecule is Cn1c(=O)[nH]c(=O)c2[nH]c(CCCCC(=O)O)nc21. The smallest absolute Gasteiger partial charge is 0.329 e. The first-order valence-electron chi connectivity index (χ1n) is 5.88. The molecule has 8 heteroatoms. The Morgan fingerprint density at radius 2 is 2.05 bits per heavy atom. The Hall–Kier alpha value is -2.38. The number of hydrogen-bond donors (Lipinski definition) is 3. The van der Waals surface area contributed by atoms with Crippen molar-refractivity contribution in [1.29, 1.82) is 0 Å². The number of aromatic nitrogens is 4. The zero-order valence-electron chi connectivity index (χ0n) is 10.4. The molecule has 0 aliphatic rings. The van der Waals surface area contributed by atoms with Gasteiger partial charge in [0.15, 0.2) is 5.65 Å². The van der Waals surface area contributed by atoms with Crippen LogP contribution in [0, 0.1) is 0 Å². The maximum Gasteiger partial charge on any atom is 0.329 e. The van der Waals surface area contributed by atoms with Gasteiger partial charge in [0.2, 0.25) is 0 Å². The summed E-state index contributed by atoms with van der Waals surface area (Å²) in [5, 5.41) is 8.52. The lowest BCUT2D eigenvalue weighted by Crippen LogP contribution is -2.28. The lowest BCUT2D eigenvalue weighted by molar-refractivity contribution is -0.137. The first kappa shape index (κ1) is 13.1. The van der Waals surface area contributed by atoms with Gasteiger partial charge in [-0.2, -0.15) is 0 Å². The van der Waals surface area contributed by atoms with Crippen LogP contribution in [-0.4, -0.2) is 30.6 Å². The second-order valence-corrected chi connectivity index (χ2v) is 4.30. The highest BCUT2D eigenvalue weighted by Gasteiger charge is 2.10. The highest BCUT2D eigenvalue weighted by Crippen LogP contribution is 2.07. The number of unbranched alkanes of at least 4 members (excludes halogenated alkanes) is 1. The van der Waals surface area contributed by atoms with Crippen molar-refractivity contribution in [2.45, 2.75) is 25.7 Å². The highest BCUT2D eigenvalue weighted by atomic mass is 16.4. The van der Waals surface area contributed by atoms with Crippen LogP contribution in [-0.2, 0) is 18.3 Å². The Kier molecular flexibility index (Phi) is 3.50. The van der Waals surface area contributed by atoms with Crippen molar-refractivity contribution in [2.24, 2.45) is 7.05 Å². The van der Waals surface area contributed by atoms with Crippen molar-refractivity contribution in [2.75, 3.05) is 0 Å². The molecule has 2 heterocycles. The average molecular weight is 266 g/mol. The van der Waals surface area contributed by atoms with E-state index >= 15 is 0 Å². The first-order chi connectivity index (χ1) is 8.99. The van der Waals surface area contributed by atoms with Gasteiger partial charge < -0.3 is 10.1 Å². The van der Waals surface area contributed by atoms with E-state index in [1.807, 2.05) is 0 Å². The average Bonchev–Trinajstić information content (AvgIpc) is 2.76. The fourth-order valence-electron chi connectivity index (χ4n) is 1.84. The van der Waals surface area contributed by atoms with Crippen LogP contribution in [0.15, 0.2) is 9.59 Å². The zero-order valence-corrected chi connectivity index (χ0v) is 10.4. The minimum absolute atomic E-state index is 0.110. The van der Waals surface area contributed by atoms with Gasteiger partial charge in [0.1, 0.15) is 11.3 Å². The molecule has 0 spiro atoms. The molecule has 0 bridgehead atoms. The molecule has 0 aliphatic carbocycles. The number of aryl methyl sites for hydroxylation is 2. The third-order valence-corrected chi connectivity index (χ3v) is 2.86. The van der Waals surface area contributed by atoms with Crippen molar-refractivity contribution in [3.8, 4) is 0 Å². The maximum atomic E-state index is 11.6. The van der Waals surface area contributed by atoms with Gasteiger partial charge in [-0.25, -0.2) is 9.78 Å². The third-order valence-electron chi connectivity index (χ3n) is 2.86. The van der Waals surface area contributed by atoms with E-state index in [2.05, 4.69) is 15.0 Å². The van der Waals surface area contributed by atoms with E-state index in [1.54, 1.807) is 0 Å². The molecule has 2 aromatic rings. The number of fused-ring (bicyclic) bond motifs is 1. The van der Waals surface area contributed by atoms with Crippen molar-refractivity contribution >= 4 is 17.1 Å². The van der Waals surface area contributed by atoms with Crippen LogP contribution in [0.2, 0.25) is 0 Å². The molecule has 0 amide bonds. The van der Waals surface area contributed by atoms with E-state index in [-0.39, 0.29) is 11.9 Å². The van der Waals surface area contributed by atoms with Crippen LogP contribution in [0.5, 0.6) is 0 Å². The fraction of sp³-hybridized carbons (Fsp3) is 0.455. The number of carbonyl (C=O) groups is 1. The number of hydrogen-bond acceptors (Lipinski definition) is 4. The molecule has 0 saturated carbocycles. The van der Waals surface area contributed by atoms with Crippen LogP contribution >= 0.6 is 0 Å². The molecule has 0 radical (unpaired) electrons. The number of aromatic amines is 2. The van der Waals surface area contributed by atoms with E-state index in [9.17, 15) is 14.4 Å². The Labute approximate surface area is 107 Å². The summed E-state index contributed by atoms with van der Waals surface area (Å²) in [6, 6.07) is 0. The quantitative estimate of drug-likeness (QED) is 0.644. The third kappa shape index (κ3) is 2.72. The first-order valence-corrected chi connectivity index (χ1v) is 5.88. The molecule has 0 unspecified atom stereocenters. The highest BCUT2D eigenvalue weighted by molar-refractivity contribution is 5.69. The molecule has 0 saturated heterocycles.